The van der Waals surface area contributed by atoms with E-state index in [-0.39, 0.29) is 17.8 Å². The van der Waals surface area contributed by atoms with Gasteiger partial charge >= 0.3 is 5.97 Å². The molecule has 1 aliphatic heterocycles. The van der Waals surface area contributed by atoms with Gasteiger partial charge in [-0.2, -0.15) is 0 Å². The maximum Gasteiger partial charge on any atom is 0.311 e. The molecule has 3 nitrogen and oxygen atoms in total. The highest BCUT2D eigenvalue weighted by Gasteiger charge is 2.37. The molecule has 20 heavy (non-hydrogen) atoms. The van der Waals surface area contributed by atoms with Gasteiger partial charge in [0.25, 0.3) is 0 Å². The predicted octanol–water partition coefficient (Wildman–Crippen LogP) is 2.95. The Hall–Kier alpha value is -1.35. The largest absolute Gasteiger partial charge is 0.460 e. The molecule has 0 spiro atoms. The molecule has 3 heteroatoms. The fraction of sp³-hybridized carbons (Fsp3) is 0.588. The summed E-state index contributed by atoms with van der Waals surface area (Å²) in [6, 6.07) is 6.45. The third-order valence-corrected chi connectivity index (χ3v) is 3.75. The van der Waals surface area contributed by atoms with Crippen molar-refractivity contribution in [2.45, 2.75) is 46.1 Å². The zero-order chi connectivity index (χ0) is 14.9. The van der Waals surface area contributed by atoms with E-state index in [0.29, 0.717) is 6.54 Å². The third-order valence-electron chi connectivity index (χ3n) is 3.75. The fourth-order valence-corrected chi connectivity index (χ4v) is 2.87. The minimum absolute atomic E-state index is 0.0874. The molecule has 0 amide bonds. The quantitative estimate of drug-likeness (QED) is 0.843. The van der Waals surface area contributed by atoms with Crippen LogP contribution in [0.1, 0.15) is 43.4 Å². The molecule has 1 aromatic carbocycles. The van der Waals surface area contributed by atoms with E-state index in [1.165, 1.54) is 16.7 Å². The summed E-state index contributed by atoms with van der Waals surface area (Å²) >= 11 is 0. The number of carbonyl (C=O) groups is 1. The number of hydrogen-bond acceptors (Lipinski definition) is 3. The second-order valence-electron chi connectivity index (χ2n) is 6.76. The summed E-state index contributed by atoms with van der Waals surface area (Å²) < 4.78 is 5.56. The van der Waals surface area contributed by atoms with Gasteiger partial charge in [-0.25, -0.2) is 0 Å². The van der Waals surface area contributed by atoms with Crippen LogP contribution < -0.4 is 5.32 Å². The van der Waals surface area contributed by atoms with Crippen LogP contribution >= 0.6 is 0 Å². The number of esters is 1. The van der Waals surface area contributed by atoms with Crippen LogP contribution in [0.5, 0.6) is 0 Å². The summed E-state index contributed by atoms with van der Waals surface area (Å²) in [4.78, 5) is 12.4. The standard InChI is InChI=1S/C17H25NO2/c1-11-6-7-13(12(2)8-11)14-9-18-10-15(14)16(19)20-17(3,4)5/h6-8,14-15,18H,9-10H2,1-5H3. The van der Waals surface area contributed by atoms with Crippen LogP contribution in [0.25, 0.3) is 0 Å². The van der Waals surface area contributed by atoms with Crippen LogP contribution in [-0.4, -0.2) is 24.7 Å². The van der Waals surface area contributed by atoms with Crippen molar-refractivity contribution in [3.05, 3.63) is 34.9 Å². The molecule has 0 saturated carbocycles. The normalized spacial score (nSPS) is 22.9. The molecule has 0 aromatic heterocycles. The molecular weight excluding hydrogens is 250 g/mol. The molecule has 1 heterocycles. The lowest BCUT2D eigenvalue weighted by molar-refractivity contribution is -0.159. The maximum atomic E-state index is 12.4. The van der Waals surface area contributed by atoms with E-state index >= 15 is 0 Å². The van der Waals surface area contributed by atoms with Crippen LogP contribution in [0.4, 0.5) is 0 Å². The van der Waals surface area contributed by atoms with Gasteiger partial charge in [-0.05, 0) is 45.7 Å². The Kier molecular flexibility index (Phi) is 4.19. The summed E-state index contributed by atoms with van der Waals surface area (Å²) in [7, 11) is 0. The molecule has 110 valence electrons. The highest BCUT2D eigenvalue weighted by atomic mass is 16.6. The second-order valence-corrected chi connectivity index (χ2v) is 6.76. The van der Waals surface area contributed by atoms with E-state index in [2.05, 4.69) is 37.4 Å². The zero-order valence-corrected chi connectivity index (χ0v) is 13.1. The van der Waals surface area contributed by atoms with E-state index in [4.69, 9.17) is 4.74 Å². The number of hydrogen-bond donors (Lipinski definition) is 1. The molecule has 2 unspecified atom stereocenters. The monoisotopic (exact) mass is 275 g/mol. The number of rotatable bonds is 2. The van der Waals surface area contributed by atoms with Crippen molar-refractivity contribution in [3.8, 4) is 0 Å². The van der Waals surface area contributed by atoms with Crippen molar-refractivity contribution in [1.29, 1.82) is 0 Å². The highest BCUT2D eigenvalue weighted by molar-refractivity contribution is 5.75. The van der Waals surface area contributed by atoms with Crippen LogP contribution in [0.15, 0.2) is 18.2 Å². The van der Waals surface area contributed by atoms with Gasteiger partial charge in [-0.15, -0.1) is 0 Å². The average Bonchev–Trinajstić information content (AvgIpc) is 2.75. The SMILES string of the molecule is Cc1ccc(C2CNCC2C(=O)OC(C)(C)C)c(C)c1. The Labute approximate surface area is 121 Å². The van der Waals surface area contributed by atoms with E-state index < -0.39 is 5.60 Å². The van der Waals surface area contributed by atoms with E-state index in [0.717, 1.165) is 6.54 Å². The van der Waals surface area contributed by atoms with Gasteiger partial charge in [0.1, 0.15) is 5.60 Å². The van der Waals surface area contributed by atoms with Gasteiger partial charge in [0.05, 0.1) is 5.92 Å². The molecule has 2 atom stereocenters. The topological polar surface area (TPSA) is 38.3 Å². The summed E-state index contributed by atoms with van der Waals surface area (Å²) in [5.41, 5.74) is 3.35. The Morgan fingerprint density at radius 3 is 2.55 bits per heavy atom. The van der Waals surface area contributed by atoms with E-state index in [1.54, 1.807) is 0 Å². The van der Waals surface area contributed by atoms with Crippen molar-refractivity contribution in [1.82, 2.24) is 5.32 Å². The highest BCUT2D eigenvalue weighted by Crippen LogP contribution is 2.32. The maximum absolute atomic E-state index is 12.4. The van der Waals surface area contributed by atoms with Crippen molar-refractivity contribution in [3.63, 3.8) is 0 Å². The summed E-state index contributed by atoms with van der Waals surface area (Å²) in [5, 5.41) is 3.33. The summed E-state index contributed by atoms with van der Waals surface area (Å²) in [6.45, 7) is 11.5. The van der Waals surface area contributed by atoms with Crippen LogP contribution in [-0.2, 0) is 9.53 Å². The molecule has 0 radical (unpaired) electrons. The molecule has 1 aromatic rings. The number of nitrogens with one attached hydrogen (secondary N) is 1. The number of aryl methyl sites for hydroxylation is 2. The molecule has 1 saturated heterocycles. The number of carbonyl (C=O) groups excluding carboxylic acids is 1. The minimum atomic E-state index is -0.424. The molecular formula is C17H25NO2. The molecule has 1 aliphatic rings. The molecule has 2 rings (SSSR count). The third kappa shape index (κ3) is 3.40. The summed E-state index contributed by atoms with van der Waals surface area (Å²) in [5.74, 6) is 0.0357. The summed E-state index contributed by atoms with van der Waals surface area (Å²) in [6.07, 6.45) is 0. The zero-order valence-electron chi connectivity index (χ0n) is 13.1. The van der Waals surface area contributed by atoms with Gasteiger partial charge in [0.2, 0.25) is 0 Å². The van der Waals surface area contributed by atoms with Gasteiger partial charge < -0.3 is 10.1 Å². The lowest BCUT2D eigenvalue weighted by Crippen LogP contribution is -2.32. The molecule has 1 fully saturated rings. The Morgan fingerprint density at radius 1 is 1.25 bits per heavy atom. The fourth-order valence-electron chi connectivity index (χ4n) is 2.87. The van der Waals surface area contributed by atoms with Crippen molar-refractivity contribution >= 4 is 5.97 Å². The molecule has 0 bridgehead atoms. The lowest BCUT2D eigenvalue weighted by atomic mass is 9.86. The van der Waals surface area contributed by atoms with E-state index in [1.807, 2.05) is 20.8 Å². The first-order valence-corrected chi connectivity index (χ1v) is 7.28. The van der Waals surface area contributed by atoms with Gasteiger partial charge in [-0.3, -0.25) is 4.79 Å². The van der Waals surface area contributed by atoms with Crippen LogP contribution in [0, 0.1) is 19.8 Å². The smallest absolute Gasteiger partial charge is 0.311 e. The number of benzene rings is 1. The minimum Gasteiger partial charge on any atom is -0.460 e. The lowest BCUT2D eigenvalue weighted by Gasteiger charge is -2.25. The van der Waals surface area contributed by atoms with Crippen LogP contribution in [0.2, 0.25) is 0 Å². The molecule has 1 N–H and O–H groups in total. The molecule has 0 aliphatic carbocycles. The second kappa shape index (κ2) is 5.57. The Morgan fingerprint density at radius 2 is 1.95 bits per heavy atom. The first kappa shape index (κ1) is 15.0. The van der Waals surface area contributed by atoms with Crippen LogP contribution in [0.3, 0.4) is 0 Å². The van der Waals surface area contributed by atoms with Crippen molar-refractivity contribution in [2.24, 2.45) is 5.92 Å². The first-order chi connectivity index (χ1) is 9.28. The van der Waals surface area contributed by atoms with E-state index in [9.17, 15) is 4.79 Å². The first-order valence-electron chi connectivity index (χ1n) is 7.28. The average molecular weight is 275 g/mol. The van der Waals surface area contributed by atoms with Crippen molar-refractivity contribution in [2.75, 3.05) is 13.1 Å². The number of ether oxygens (including phenoxy) is 1. The Bertz CT molecular complexity index is 502. The van der Waals surface area contributed by atoms with Crippen molar-refractivity contribution < 1.29 is 9.53 Å². The van der Waals surface area contributed by atoms with Gasteiger partial charge in [-0.1, -0.05) is 23.8 Å². The Balaban J connectivity index is 2.21. The van der Waals surface area contributed by atoms with Gasteiger partial charge in [0.15, 0.2) is 0 Å². The van der Waals surface area contributed by atoms with Gasteiger partial charge in [0, 0.05) is 19.0 Å². The predicted molar refractivity (Wildman–Crippen MR) is 80.9 cm³/mol.